The molecule has 20 heavy (non-hydrogen) atoms. The summed E-state index contributed by atoms with van der Waals surface area (Å²) in [7, 11) is 1.22. The average Bonchev–Trinajstić information content (AvgIpc) is 2.82. The highest BCUT2D eigenvalue weighted by Gasteiger charge is 2.30. The molecule has 1 aromatic heterocycles. The van der Waals surface area contributed by atoms with E-state index in [2.05, 4.69) is 14.8 Å². The van der Waals surface area contributed by atoms with E-state index in [-0.39, 0.29) is 4.88 Å². The van der Waals surface area contributed by atoms with Crippen LogP contribution in [0, 0.1) is 0 Å². The van der Waals surface area contributed by atoms with Crippen LogP contribution in [-0.4, -0.2) is 37.9 Å². The molecule has 0 aliphatic rings. The number of nitrogens with one attached hydrogen (secondary N) is 1. The molecule has 1 N–H and O–H groups in total. The summed E-state index contributed by atoms with van der Waals surface area (Å²) in [4.78, 5) is 23.0. The van der Waals surface area contributed by atoms with E-state index in [0.29, 0.717) is 5.00 Å². The Balaban J connectivity index is 2.53. The van der Waals surface area contributed by atoms with E-state index in [1.165, 1.54) is 26.2 Å². The fourth-order valence-electron chi connectivity index (χ4n) is 1.13. The molecule has 1 heterocycles. The van der Waals surface area contributed by atoms with E-state index in [4.69, 9.17) is 0 Å². The lowest BCUT2D eigenvalue weighted by Gasteiger charge is -2.13. The van der Waals surface area contributed by atoms with Gasteiger partial charge in [0.25, 0.3) is 5.91 Å². The molecule has 0 saturated carbocycles. The maximum atomic E-state index is 11.9. The van der Waals surface area contributed by atoms with Gasteiger partial charge in [-0.2, -0.15) is 13.2 Å². The van der Waals surface area contributed by atoms with Crippen LogP contribution in [-0.2, 0) is 14.3 Å². The number of anilines is 1. The van der Waals surface area contributed by atoms with E-state index >= 15 is 0 Å². The lowest BCUT2D eigenvalue weighted by Crippen LogP contribution is -2.31. The van der Waals surface area contributed by atoms with Crippen LogP contribution >= 0.6 is 11.3 Å². The molecule has 1 unspecified atom stereocenters. The van der Waals surface area contributed by atoms with E-state index in [0.717, 1.165) is 11.3 Å². The van der Waals surface area contributed by atoms with E-state index in [9.17, 15) is 22.8 Å². The van der Waals surface area contributed by atoms with Gasteiger partial charge in [-0.1, -0.05) is 0 Å². The molecule has 0 saturated heterocycles. The van der Waals surface area contributed by atoms with Crippen LogP contribution in [0.25, 0.3) is 0 Å². The van der Waals surface area contributed by atoms with E-state index in [1.54, 1.807) is 0 Å². The zero-order valence-electron chi connectivity index (χ0n) is 10.6. The largest absolute Gasteiger partial charge is 0.465 e. The van der Waals surface area contributed by atoms with Crippen LogP contribution in [0.4, 0.5) is 18.2 Å². The summed E-state index contributed by atoms with van der Waals surface area (Å²) in [5.41, 5.74) is 0. The third-order valence-corrected chi connectivity index (χ3v) is 3.09. The molecule has 1 aromatic rings. The molecule has 0 aromatic carbocycles. The zero-order valence-corrected chi connectivity index (χ0v) is 11.4. The fraction of sp³-hybridized carbons (Fsp3) is 0.455. The number of carbonyl (C=O) groups is 2. The molecule has 1 rings (SSSR count). The van der Waals surface area contributed by atoms with Crippen molar-refractivity contribution in [3.8, 4) is 0 Å². The minimum absolute atomic E-state index is 0.270. The lowest BCUT2D eigenvalue weighted by molar-refractivity contribution is -0.184. The predicted molar refractivity (Wildman–Crippen MR) is 65.8 cm³/mol. The van der Waals surface area contributed by atoms with Crippen LogP contribution in [0.2, 0.25) is 0 Å². The van der Waals surface area contributed by atoms with Gasteiger partial charge in [-0.3, -0.25) is 4.79 Å². The summed E-state index contributed by atoms with van der Waals surface area (Å²) in [6, 6.07) is 2.89. The van der Waals surface area contributed by atoms with Crippen molar-refractivity contribution in [3.63, 3.8) is 0 Å². The van der Waals surface area contributed by atoms with Crippen molar-refractivity contribution < 1.29 is 32.2 Å². The molecule has 5 nitrogen and oxygen atoms in total. The van der Waals surface area contributed by atoms with Gasteiger partial charge in [0.05, 0.1) is 12.1 Å². The predicted octanol–water partition coefficient (Wildman–Crippen LogP) is 2.44. The molecule has 0 aliphatic heterocycles. The smallest absolute Gasteiger partial charge is 0.411 e. The lowest BCUT2D eigenvalue weighted by atomic mass is 10.4. The van der Waals surface area contributed by atoms with Gasteiger partial charge in [-0.15, -0.1) is 11.3 Å². The second-order valence-corrected chi connectivity index (χ2v) is 4.80. The molecular formula is C11H12F3NO4S. The average molecular weight is 311 g/mol. The van der Waals surface area contributed by atoms with Gasteiger partial charge in [-0.25, -0.2) is 4.79 Å². The molecule has 1 amide bonds. The number of thiophene rings is 1. The van der Waals surface area contributed by atoms with Crippen molar-refractivity contribution in [1.82, 2.24) is 0 Å². The molecule has 0 radical (unpaired) electrons. The second kappa shape index (κ2) is 6.71. The normalized spacial score (nSPS) is 12.8. The number of halogens is 3. The summed E-state index contributed by atoms with van der Waals surface area (Å²) >= 11 is 0.951. The van der Waals surface area contributed by atoms with Crippen LogP contribution in [0.15, 0.2) is 12.1 Å². The summed E-state index contributed by atoms with van der Waals surface area (Å²) in [5, 5.41) is 2.67. The van der Waals surface area contributed by atoms with E-state index < -0.39 is 30.8 Å². The summed E-state index contributed by atoms with van der Waals surface area (Å²) in [6.45, 7) is -0.296. The first-order valence-electron chi connectivity index (χ1n) is 5.40. The Labute approximate surface area is 116 Å². The Morgan fingerprint density at radius 2 is 2.05 bits per heavy atom. The van der Waals surface area contributed by atoms with Crippen LogP contribution < -0.4 is 5.32 Å². The zero-order chi connectivity index (χ0) is 15.3. The Morgan fingerprint density at radius 3 is 2.60 bits per heavy atom. The van der Waals surface area contributed by atoms with Crippen LogP contribution in [0.1, 0.15) is 16.6 Å². The van der Waals surface area contributed by atoms with Gasteiger partial charge in [-0.05, 0) is 19.1 Å². The number of methoxy groups -OCH3 is 1. The van der Waals surface area contributed by atoms with Crippen LogP contribution in [0.3, 0.4) is 0 Å². The van der Waals surface area contributed by atoms with Crippen molar-refractivity contribution in [3.05, 3.63) is 17.0 Å². The number of amides is 1. The summed E-state index contributed by atoms with van der Waals surface area (Å²) < 4.78 is 44.7. The second-order valence-electron chi connectivity index (χ2n) is 3.71. The summed E-state index contributed by atoms with van der Waals surface area (Å²) in [5.74, 6) is -1.29. The van der Waals surface area contributed by atoms with Crippen molar-refractivity contribution in [2.75, 3.05) is 19.0 Å². The maximum Gasteiger partial charge on any atom is 0.411 e. The van der Waals surface area contributed by atoms with Gasteiger partial charge in [0, 0.05) is 0 Å². The van der Waals surface area contributed by atoms with Crippen LogP contribution in [0.5, 0.6) is 0 Å². The third-order valence-electron chi connectivity index (χ3n) is 2.11. The molecule has 9 heteroatoms. The number of ether oxygens (including phenoxy) is 2. The monoisotopic (exact) mass is 311 g/mol. The molecule has 0 fully saturated rings. The Morgan fingerprint density at radius 1 is 1.40 bits per heavy atom. The molecular weight excluding hydrogens is 299 g/mol. The van der Waals surface area contributed by atoms with Crippen molar-refractivity contribution in [2.45, 2.75) is 19.2 Å². The first kappa shape index (κ1) is 16.4. The summed E-state index contributed by atoms with van der Waals surface area (Å²) in [6.07, 6.45) is -5.75. The Kier molecular flexibility index (Phi) is 5.52. The first-order chi connectivity index (χ1) is 9.23. The number of hydrogen-bond acceptors (Lipinski definition) is 5. The highest BCUT2D eigenvalue weighted by molar-refractivity contribution is 7.18. The Bertz CT molecular complexity index is 486. The number of hydrogen-bond donors (Lipinski definition) is 1. The molecule has 0 aliphatic carbocycles. The van der Waals surface area contributed by atoms with Crippen molar-refractivity contribution in [1.29, 1.82) is 0 Å². The van der Waals surface area contributed by atoms with Gasteiger partial charge < -0.3 is 14.8 Å². The SMILES string of the molecule is COC(=O)c1ccc(NC(=O)C(C)OCC(F)(F)F)s1. The maximum absolute atomic E-state index is 11.9. The van der Waals surface area contributed by atoms with Gasteiger partial charge in [0.15, 0.2) is 0 Å². The van der Waals surface area contributed by atoms with Gasteiger partial charge in [0.2, 0.25) is 0 Å². The minimum Gasteiger partial charge on any atom is -0.465 e. The quantitative estimate of drug-likeness (QED) is 0.848. The van der Waals surface area contributed by atoms with Crippen molar-refractivity contribution in [2.24, 2.45) is 0 Å². The Hall–Kier alpha value is -1.61. The molecule has 1 atom stereocenters. The number of esters is 1. The number of alkyl halides is 3. The van der Waals surface area contributed by atoms with E-state index in [1.807, 2.05) is 0 Å². The number of carbonyl (C=O) groups excluding carboxylic acids is 2. The highest BCUT2D eigenvalue weighted by atomic mass is 32.1. The number of rotatable bonds is 5. The highest BCUT2D eigenvalue weighted by Crippen LogP contribution is 2.23. The standard InChI is InChI=1S/C11H12F3NO4S/c1-6(19-5-11(12,13)14)9(16)15-8-4-3-7(20-8)10(17)18-2/h3-4,6H,5H2,1-2H3,(H,15,16). The molecule has 0 spiro atoms. The minimum atomic E-state index is -4.49. The third kappa shape index (κ3) is 5.17. The van der Waals surface area contributed by atoms with Gasteiger partial charge in [0.1, 0.15) is 17.6 Å². The molecule has 0 bridgehead atoms. The van der Waals surface area contributed by atoms with Gasteiger partial charge >= 0.3 is 12.1 Å². The fourth-order valence-corrected chi connectivity index (χ4v) is 1.96. The van der Waals surface area contributed by atoms with Crippen molar-refractivity contribution >= 4 is 28.2 Å². The molecule has 112 valence electrons. The topological polar surface area (TPSA) is 64.6 Å². The first-order valence-corrected chi connectivity index (χ1v) is 6.22.